The average Bonchev–Trinajstić information content (AvgIpc) is 2.39. The van der Waals surface area contributed by atoms with E-state index in [9.17, 15) is 9.59 Å². The van der Waals surface area contributed by atoms with E-state index in [0.717, 1.165) is 6.42 Å². The molecule has 0 aromatic heterocycles. The number of carbonyl (C=O) groups excluding carboxylic acids is 1. The third-order valence-electron chi connectivity index (χ3n) is 2.81. The van der Waals surface area contributed by atoms with Crippen LogP contribution in [-0.2, 0) is 14.3 Å². The van der Waals surface area contributed by atoms with E-state index >= 15 is 0 Å². The zero-order valence-corrected chi connectivity index (χ0v) is 10.9. The van der Waals surface area contributed by atoms with Crippen LogP contribution in [0, 0.1) is 5.92 Å². The summed E-state index contributed by atoms with van der Waals surface area (Å²) in [5.74, 6) is -3.42. The van der Waals surface area contributed by atoms with E-state index in [0.29, 0.717) is 12.0 Å². The molecule has 5 nitrogen and oxygen atoms in total. The van der Waals surface area contributed by atoms with Crippen LogP contribution in [0.15, 0.2) is 30.3 Å². The van der Waals surface area contributed by atoms with Gasteiger partial charge in [0.1, 0.15) is 0 Å². The Hall–Kier alpha value is -1.88. The lowest BCUT2D eigenvalue weighted by atomic mass is 9.94. The molecule has 0 aliphatic rings. The van der Waals surface area contributed by atoms with Crippen molar-refractivity contribution in [3.05, 3.63) is 35.9 Å². The Morgan fingerprint density at radius 3 is 2.47 bits per heavy atom. The lowest BCUT2D eigenvalue weighted by Gasteiger charge is -2.19. The zero-order chi connectivity index (χ0) is 14.3. The van der Waals surface area contributed by atoms with Gasteiger partial charge < -0.3 is 15.6 Å². The van der Waals surface area contributed by atoms with Gasteiger partial charge in [0.25, 0.3) is 0 Å². The zero-order valence-electron chi connectivity index (χ0n) is 10.9. The fourth-order valence-electron chi connectivity index (χ4n) is 1.68. The number of nitrogens with two attached hydrogens (primary N) is 1. The highest BCUT2D eigenvalue weighted by molar-refractivity contribution is 5.95. The molecule has 0 saturated heterocycles. The van der Waals surface area contributed by atoms with Crippen LogP contribution in [0.4, 0.5) is 0 Å². The first kappa shape index (κ1) is 15.2. The number of carbonyl (C=O) groups is 2. The number of hydrogen-bond donors (Lipinski definition) is 2. The van der Waals surface area contributed by atoms with Crippen molar-refractivity contribution in [2.75, 3.05) is 6.61 Å². The smallest absolute Gasteiger partial charge is 0.322 e. The van der Waals surface area contributed by atoms with Crippen molar-refractivity contribution in [3.8, 4) is 0 Å². The average molecular weight is 265 g/mol. The van der Waals surface area contributed by atoms with Crippen LogP contribution in [0.1, 0.15) is 31.4 Å². The van der Waals surface area contributed by atoms with Gasteiger partial charge in [-0.3, -0.25) is 9.59 Å². The van der Waals surface area contributed by atoms with Gasteiger partial charge in [0.2, 0.25) is 0 Å². The van der Waals surface area contributed by atoms with Gasteiger partial charge in [0.05, 0.1) is 12.6 Å². The van der Waals surface area contributed by atoms with Crippen LogP contribution >= 0.6 is 0 Å². The Morgan fingerprint density at radius 2 is 1.95 bits per heavy atom. The summed E-state index contributed by atoms with van der Waals surface area (Å²) in [5.41, 5.74) is 6.46. The van der Waals surface area contributed by atoms with Crippen molar-refractivity contribution in [2.45, 2.75) is 25.8 Å². The number of benzene rings is 1. The van der Waals surface area contributed by atoms with Gasteiger partial charge in [-0.1, -0.05) is 43.7 Å². The molecule has 1 aromatic rings. The number of ether oxygens (including phenoxy) is 1. The maximum atomic E-state index is 11.8. The van der Waals surface area contributed by atoms with Gasteiger partial charge >= 0.3 is 11.9 Å². The fraction of sp³-hybridized carbons (Fsp3) is 0.429. The van der Waals surface area contributed by atoms with Crippen molar-refractivity contribution in [2.24, 2.45) is 11.7 Å². The molecular weight excluding hydrogens is 246 g/mol. The second-order valence-electron chi connectivity index (χ2n) is 4.27. The number of carboxylic acid groups (broad SMARTS) is 1. The first-order valence-electron chi connectivity index (χ1n) is 6.28. The lowest BCUT2D eigenvalue weighted by Crippen LogP contribution is -2.36. The SMILES string of the molecule is CCCCOC(=O)C(C(=O)O)C(N)c1ccccc1. The summed E-state index contributed by atoms with van der Waals surface area (Å²) >= 11 is 0. The van der Waals surface area contributed by atoms with Crippen molar-refractivity contribution in [3.63, 3.8) is 0 Å². The molecule has 2 atom stereocenters. The largest absolute Gasteiger partial charge is 0.481 e. The highest BCUT2D eigenvalue weighted by Crippen LogP contribution is 2.21. The minimum Gasteiger partial charge on any atom is -0.481 e. The monoisotopic (exact) mass is 265 g/mol. The lowest BCUT2D eigenvalue weighted by molar-refractivity contribution is -0.159. The molecule has 0 spiro atoms. The summed E-state index contributed by atoms with van der Waals surface area (Å²) in [4.78, 5) is 23.0. The van der Waals surface area contributed by atoms with Crippen LogP contribution < -0.4 is 5.73 Å². The van der Waals surface area contributed by atoms with Crippen molar-refractivity contribution in [1.82, 2.24) is 0 Å². The van der Waals surface area contributed by atoms with Crippen molar-refractivity contribution >= 4 is 11.9 Å². The van der Waals surface area contributed by atoms with Gasteiger partial charge in [-0.25, -0.2) is 0 Å². The normalized spacial score (nSPS) is 13.6. The molecule has 3 N–H and O–H groups in total. The maximum Gasteiger partial charge on any atom is 0.322 e. The molecule has 104 valence electrons. The first-order chi connectivity index (χ1) is 9.07. The molecular formula is C14H19NO4. The summed E-state index contributed by atoms with van der Waals surface area (Å²) in [6.45, 7) is 2.18. The standard InChI is InChI=1S/C14H19NO4/c1-2-3-9-19-14(18)11(13(16)17)12(15)10-7-5-4-6-8-10/h4-8,11-12H,2-3,9,15H2,1H3,(H,16,17). The second kappa shape index (κ2) is 7.53. The topological polar surface area (TPSA) is 89.6 Å². The number of aliphatic carboxylic acids is 1. The Kier molecular flexibility index (Phi) is 6.02. The highest BCUT2D eigenvalue weighted by Gasteiger charge is 2.34. The summed E-state index contributed by atoms with van der Waals surface area (Å²) in [6, 6.07) is 7.77. The Bertz CT molecular complexity index is 419. The van der Waals surface area contributed by atoms with Gasteiger partial charge in [-0.15, -0.1) is 0 Å². The molecule has 0 heterocycles. The number of hydrogen-bond acceptors (Lipinski definition) is 4. The molecule has 0 aliphatic heterocycles. The van der Waals surface area contributed by atoms with Crippen LogP contribution in [0.5, 0.6) is 0 Å². The molecule has 0 saturated carbocycles. The van der Waals surface area contributed by atoms with Crippen LogP contribution in [0.25, 0.3) is 0 Å². The molecule has 0 aliphatic carbocycles. The van der Waals surface area contributed by atoms with E-state index in [1.807, 2.05) is 6.92 Å². The van der Waals surface area contributed by atoms with Crippen LogP contribution in [-0.4, -0.2) is 23.7 Å². The minimum atomic E-state index is -1.38. The number of esters is 1. The van der Waals surface area contributed by atoms with Crippen LogP contribution in [0.3, 0.4) is 0 Å². The van der Waals surface area contributed by atoms with Gasteiger partial charge in [-0.05, 0) is 12.0 Å². The Balaban J connectivity index is 2.77. The molecule has 1 aromatic carbocycles. The highest BCUT2D eigenvalue weighted by atomic mass is 16.5. The van der Waals surface area contributed by atoms with E-state index in [1.165, 1.54) is 0 Å². The number of carboxylic acids is 1. The maximum absolute atomic E-state index is 11.8. The van der Waals surface area contributed by atoms with E-state index in [2.05, 4.69) is 0 Å². The van der Waals surface area contributed by atoms with Crippen LogP contribution in [0.2, 0.25) is 0 Å². The quantitative estimate of drug-likeness (QED) is 0.445. The minimum absolute atomic E-state index is 0.223. The Labute approximate surface area is 112 Å². The summed E-state index contributed by atoms with van der Waals surface area (Å²) in [6.07, 6.45) is 1.58. The Morgan fingerprint density at radius 1 is 1.32 bits per heavy atom. The third-order valence-corrected chi connectivity index (χ3v) is 2.81. The fourth-order valence-corrected chi connectivity index (χ4v) is 1.68. The number of rotatable bonds is 7. The molecule has 19 heavy (non-hydrogen) atoms. The van der Waals surface area contributed by atoms with Gasteiger partial charge in [0, 0.05) is 0 Å². The van der Waals surface area contributed by atoms with E-state index in [-0.39, 0.29) is 6.61 Å². The predicted molar refractivity (Wildman–Crippen MR) is 70.4 cm³/mol. The molecule has 0 amide bonds. The first-order valence-corrected chi connectivity index (χ1v) is 6.28. The molecule has 1 rings (SSSR count). The van der Waals surface area contributed by atoms with Crippen molar-refractivity contribution < 1.29 is 19.4 Å². The number of unbranched alkanes of at least 4 members (excludes halogenated alkanes) is 1. The summed E-state index contributed by atoms with van der Waals surface area (Å²) in [7, 11) is 0. The summed E-state index contributed by atoms with van der Waals surface area (Å²) < 4.78 is 4.95. The van der Waals surface area contributed by atoms with E-state index in [4.69, 9.17) is 15.6 Å². The van der Waals surface area contributed by atoms with E-state index in [1.54, 1.807) is 30.3 Å². The van der Waals surface area contributed by atoms with Crippen molar-refractivity contribution in [1.29, 1.82) is 0 Å². The third kappa shape index (κ3) is 4.37. The molecule has 5 heteroatoms. The predicted octanol–water partition coefficient (Wildman–Crippen LogP) is 1.73. The molecule has 0 bridgehead atoms. The molecule has 0 fully saturated rings. The molecule has 0 radical (unpaired) electrons. The molecule has 2 unspecified atom stereocenters. The van der Waals surface area contributed by atoms with E-state index < -0.39 is 23.9 Å². The van der Waals surface area contributed by atoms with Gasteiger partial charge in [-0.2, -0.15) is 0 Å². The summed E-state index contributed by atoms with van der Waals surface area (Å²) in [5, 5.41) is 9.15. The second-order valence-corrected chi connectivity index (χ2v) is 4.27. The van der Waals surface area contributed by atoms with Gasteiger partial charge in [0.15, 0.2) is 5.92 Å².